The van der Waals surface area contributed by atoms with Gasteiger partial charge >= 0.3 is 0 Å². The summed E-state index contributed by atoms with van der Waals surface area (Å²) in [6.07, 6.45) is 6.43. The number of hydrogen-bond donors (Lipinski definition) is 2. The van der Waals surface area contributed by atoms with Crippen LogP contribution in [0.2, 0.25) is 0 Å². The summed E-state index contributed by atoms with van der Waals surface area (Å²) < 4.78 is 19.3. The van der Waals surface area contributed by atoms with Crippen LogP contribution in [0.4, 0.5) is 16.0 Å². The van der Waals surface area contributed by atoms with Crippen LogP contribution in [0, 0.1) is 12.7 Å². The van der Waals surface area contributed by atoms with E-state index in [0.717, 1.165) is 11.1 Å². The van der Waals surface area contributed by atoms with Crippen molar-refractivity contribution in [2.45, 2.75) is 19.9 Å². The number of hydrogen-bond acceptors (Lipinski definition) is 8. The van der Waals surface area contributed by atoms with Gasteiger partial charge in [0, 0.05) is 43.3 Å². The first-order valence-electron chi connectivity index (χ1n) is 12.2. The van der Waals surface area contributed by atoms with Crippen LogP contribution < -0.4 is 16.6 Å². The highest BCUT2D eigenvalue weighted by Crippen LogP contribution is 2.33. The van der Waals surface area contributed by atoms with E-state index in [1.54, 1.807) is 54.5 Å². The highest BCUT2D eigenvalue weighted by atomic mass is 19.1. The average molecular weight is 525 g/mol. The molecule has 6 aromatic rings. The molecule has 1 atom stereocenters. The zero-order valence-corrected chi connectivity index (χ0v) is 21.7. The maximum atomic E-state index is 14.2. The Kier molecular flexibility index (Phi) is 5.60. The monoisotopic (exact) mass is 524 g/mol. The summed E-state index contributed by atoms with van der Waals surface area (Å²) in [7, 11) is 3.47. The molecule has 196 valence electrons. The molecule has 4 heterocycles. The Morgan fingerprint density at radius 2 is 1.79 bits per heavy atom. The third-order valence-corrected chi connectivity index (χ3v) is 6.73. The molecule has 0 bridgehead atoms. The number of nitrogens with two attached hydrogens (primary N) is 1. The number of nitrogens with zero attached hydrogens (tertiary/aromatic N) is 8. The third-order valence-electron chi connectivity index (χ3n) is 6.73. The molecule has 39 heavy (non-hydrogen) atoms. The van der Waals surface area contributed by atoms with Crippen molar-refractivity contribution < 1.29 is 4.39 Å². The lowest BCUT2D eigenvalue weighted by Crippen LogP contribution is -2.21. The van der Waals surface area contributed by atoms with E-state index < -0.39 is 0 Å². The Bertz CT molecular complexity index is 1940. The van der Waals surface area contributed by atoms with Gasteiger partial charge in [-0.15, -0.1) is 0 Å². The summed E-state index contributed by atoms with van der Waals surface area (Å²) in [5, 5.41) is 8.40. The molecule has 0 saturated heterocycles. The Morgan fingerprint density at radius 3 is 2.51 bits per heavy atom. The van der Waals surface area contributed by atoms with Crippen LogP contribution in [0.1, 0.15) is 24.1 Å². The van der Waals surface area contributed by atoms with E-state index >= 15 is 0 Å². The summed E-state index contributed by atoms with van der Waals surface area (Å²) in [6, 6.07) is 8.08. The number of nitrogen functional groups attached to an aromatic ring is 1. The molecule has 1 unspecified atom stereocenters. The summed E-state index contributed by atoms with van der Waals surface area (Å²) in [5.41, 5.74) is 11.0. The molecule has 4 aromatic heterocycles. The van der Waals surface area contributed by atoms with Crippen molar-refractivity contribution in [3.8, 4) is 22.6 Å². The van der Waals surface area contributed by atoms with E-state index in [0.29, 0.717) is 44.9 Å². The van der Waals surface area contributed by atoms with Crippen LogP contribution in [-0.2, 0) is 14.1 Å². The molecule has 3 N–H and O–H groups in total. The zero-order chi connectivity index (χ0) is 27.4. The summed E-state index contributed by atoms with van der Waals surface area (Å²) >= 11 is 0. The van der Waals surface area contributed by atoms with E-state index in [1.165, 1.54) is 12.1 Å². The van der Waals surface area contributed by atoms with Gasteiger partial charge in [0.1, 0.15) is 29.8 Å². The van der Waals surface area contributed by atoms with Gasteiger partial charge in [-0.25, -0.2) is 24.3 Å². The van der Waals surface area contributed by atoms with Gasteiger partial charge in [0.25, 0.3) is 5.56 Å². The number of rotatable bonds is 5. The fraction of sp³-hybridized carbons (Fsp3) is 0.185. The van der Waals surface area contributed by atoms with Gasteiger partial charge in [-0.05, 0) is 49.2 Å². The maximum Gasteiger partial charge on any atom is 0.261 e. The standard InChI is InChI=1S/C27H25FN10O/c1-14-7-18(15(2)34-21-6-5-17(28)9-19(21)24-33-12-36(3)35-24)23-20(8-14)26(39)37(4)25-22(32-13-38(23)25)16-10-30-27(29)31-11-16/h5-13,15,34H,1-4H3,(H2,29,30,31). The predicted molar refractivity (Wildman–Crippen MR) is 147 cm³/mol. The lowest BCUT2D eigenvalue weighted by atomic mass is 10.00. The third kappa shape index (κ3) is 4.06. The Labute approximate surface area is 221 Å². The highest BCUT2D eigenvalue weighted by molar-refractivity contribution is 5.88. The van der Waals surface area contributed by atoms with Crippen LogP contribution >= 0.6 is 0 Å². The smallest absolute Gasteiger partial charge is 0.261 e. The second-order valence-corrected chi connectivity index (χ2v) is 9.53. The minimum Gasteiger partial charge on any atom is -0.378 e. The van der Waals surface area contributed by atoms with Gasteiger partial charge < -0.3 is 11.1 Å². The van der Waals surface area contributed by atoms with Crippen LogP contribution in [0.25, 0.3) is 39.2 Å². The lowest BCUT2D eigenvalue weighted by Gasteiger charge is -2.21. The Balaban J connectivity index is 1.54. The zero-order valence-electron chi connectivity index (χ0n) is 21.7. The first-order valence-corrected chi connectivity index (χ1v) is 12.2. The minimum absolute atomic E-state index is 0.153. The number of aryl methyl sites for hydroxylation is 3. The first kappa shape index (κ1) is 24.2. The number of fused-ring (bicyclic) bond motifs is 3. The normalized spacial score (nSPS) is 12.3. The predicted octanol–water partition coefficient (Wildman–Crippen LogP) is 3.64. The molecule has 0 aliphatic heterocycles. The SMILES string of the molecule is Cc1cc(C(C)Nc2ccc(F)cc2-c2ncn(C)n2)c2c(c1)c(=O)n(C)c1c(-c3cnc(N)nc3)ncn21. The maximum absolute atomic E-state index is 14.2. The van der Waals surface area contributed by atoms with Gasteiger partial charge in [-0.1, -0.05) is 6.07 Å². The van der Waals surface area contributed by atoms with Gasteiger partial charge in [-0.2, -0.15) is 5.10 Å². The first-order chi connectivity index (χ1) is 18.7. The number of nitrogens with one attached hydrogen (secondary N) is 1. The molecular formula is C27H25FN10O. The van der Waals surface area contributed by atoms with Crippen molar-refractivity contribution in [3.63, 3.8) is 0 Å². The van der Waals surface area contributed by atoms with E-state index in [4.69, 9.17) is 5.73 Å². The van der Waals surface area contributed by atoms with E-state index in [9.17, 15) is 9.18 Å². The van der Waals surface area contributed by atoms with Crippen molar-refractivity contribution >= 4 is 28.2 Å². The average Bonchev–Trinajstić information content (AvgIpc) is 3.55. The second-order valence-electron chi connectivity index (χ2n) is 9.53. The van der Waals surface area contributed by atoms with Gasteiger partial charge in [-0.3, -0.25) is 18.4 Å². The van der Waals surface area contributed by atoms with Crippen LogP contribution in [-0.4, -0.2) is 38.7 Å². The molecule has 2 aromatic carbocycles. The molecule has 0 aliphatic rings. The quantitative estimate of drug-likeness (QED) is 0.349. The van der Waals surface area contributed by atoms with E-state index in [1.807, 2.05) is 30.4 Å². The van der Waals surface area contributed by atoms with E-state index in [2.05, 4.69) is 30.4 Å². The van der Waals surface area contributed by atoms with Crippen molar-refractivity contribution in [1.82, 2.24) is 38.7 Å². The van der Waals surface area contributed by atoms with Crippen molar-refractivity contribution in [2.75, 3.05) is 11.1 Å². The second kappa shape index (κ2) is 9.01. The molecule has 12 heteroatoms. The summed E-state index contributed by atoms with van der Waals surface area (Å²) in [6.45, 7) is 3.94. The van der Waals surface area contributed by atoms with Crippen molar-refractivity contribution in [2.24, 2.45) is 14.1 Å². The molecule has 0 aliphatic carbocycles. The van der Waals surface area contributed by atoms with Crippen LogP contribution in [0.15, 0.2) is 60.2 Å². The molecule has 0 spiro atoms. The molecule has 0 saturated carbocycles. The fourth-order valence-electron chi connectivity index (χ4n) is 4.94. The fourth-order valence-corrected chi connectivity index (χ4v) is 4.94. The topological polar surface area (TPSA) is 134 Å². The van der Waals surface area contributed by atoms with Gasteiger partial charge in [0.05, 0.1) is 16.9 Å². The van der Waals surface area contributed by atoms with Crippen molar-refractivity contribution in [1.29, 1.82) is 0 Å². The number of halogens is 1. The molecular weight excluding hydrogens is 499 g/mol. The van der Waals surface area contributed by atoms with Gasteiger partial charge in [0.15, 0.2) is 5.82 Å². The van der Waals surface area contributed by atoms with E-state index in [-0.39, 0.29) is 23.4 Å². The number of aromatic nitrogens is 8. The summed E-state index contributed by atoms with van der Waals surface area (Å²) in [4.78, 5) is 30.7. The van der Waals surface area contributed by atoms with Crippen LogP contribution in [0.3, 0.4) is 0 Å². The highest BCUT2D eigenvalue weighted by Gasteiger charge is 2.22. The molecule has 11 nitrogen and oxygen atoms in total. The van der Waals surface area contributed by atoms with Gasteiger partial charge in [0.2, 0.25) is 5.95 Å². The van der Waals surface area contributed by atoms with Crippen molar-refractivity contribution in [3.05, 3.63) is 82.7 Å². The molecule has 0 fully saturated rings. The molecule has 0 radical (unpaired) electrons. The molecule has 0 amide bonds. The Morgan fingerprint density at radius 1 is 1.03 bits per heavy atom. The molecule has 6 rings (SSSR count). The Hall–Kier alpha value is -5.13. The van der Waals surface area contributed by atoms with Crippen LogP contribution in [0.5, 0.6) is 0 Å². The number of imidazole rings is 1. The lowest BCUT2D eigenvalue weighted by molar-refractivity contribution is 0.628. The summed E-state index contributed by atoms with van der Waals surface area (Å²) in [5.74, 6) is 0.168. The number of benzene rings is 2. The number of anilines is 2. The minimum atomic E-state index is -0.389. The largest absolute Gasteiger partial charge is 0.378 e.